The van der Waals surface area contributed by atoms with E-state index >= 15 is 0 Å². The van der Waals surface area contributed by atoms with Crippen molar-refractivity contribution in [3.63, 3.8) is 0 Å². The largest absolute Gasteiger partial charge is 0.207 e. The van der Waals surface area contributed by atoms with Crippen molar-refractivity contribution in [1.29, 1.82) is 0 Å². The molecule has 23 heavy (non-hydrogen) atoms. The second kappa shape index (κ2) is 7.32. The molecule has 0 N–H and O–H groups in total. The number of hydrogen-bond donors (Lipinski definition) is 0. The Labute approximate surface area is 139 Å². The highest BCUT2D eigenvalue weighted by atomic mass is 19.1. The maximum absolute atomic E-state index is 13.8. The molecule has 0 aliphatic heterocycles. The summed E-state index contributed by atoms with van der Waals surface area (Å²) in [6, 6.07) is 4.25. The third-order valence-corrected chi connectivity index (χ3v) is 6.51. The Bertz CT molecular complexity index is 488. The van der Waals surface area contributed by atoms with Crippen LogP contribution in [0.15, 0.2) is 18.2 Å². The molecule has 0 aromatic heterocycles. The summed E-state index contributed by atoms with van der Waals surface area (Å²) in [6.45, 7) is 2.27. The lowest BCUT2D eigenvalue weighted by Crippen LogP contribution is -2.39. The number of benzene rings is 1. The maximum atomic E-state index is 13.8. The van der Waals surface area contributed by atoms with E-state index in [-0.39, 0.29) is 5.41 Å². The molecule has 128 valence electrons. The first kappa shape index (κ1) is 16.9. The minimum absolute atomic E-state index is 0.0262. The molecule has 3 rings (SSSR count). The Morgan fingerprint density at radius 1 is 0.913 bits per heavy atom. The molecule has 0 spiro atoms. The molecule has 0 radical (unpaired) electrons. The molecule has 0 heterocycles. The van der Waals surface area contributed by atoms with Crippen LogP contribution in [-0.4, -0.2) is 0 Å². The maximum Gasteiger partial charge on any atom is 0.126 e. The van der Waals surface area contributed by atoms with Crippen molar-refractivity contribution in [3.8, 4) is 0 Å². The van der Waals surface area contributed by atoms with Crippen LogP contribution < -0.4 is 0 Å². The average Bonchev–Trinajstić information content (AvgIpc) is 2.55. The minimum atomic E-state index is -0.412. The predicted octanol–water partition coefficient (Wildman–Crippen LogP) is 6.77. The molecule has 0 unspecified atom stereocenters. The lowest BCUT2D eigenvalue weighted by atomic mass is 9.57. The molecule has 0 amide bonds. The molecule has 2 saturated carbocycles. The smallest absolute Gasteiger partial charge is 0.126 e. The second-order valence-corrected chi connectivity index (χ2v) is 7.88. The third kappa shape index (κ3) is 3.61. The van der Waals surface area contributed by atoms with E-state index in [0.717, 1.165) is 30.4 Å². The van der Waals surface area contributed by atoms with Gasteiger partial charge < -0.3 is 0 Å². The number of halogens is 2. The summed E-state index contributed by atoms with van der Waals surface area (Å²) in [5.41, 5.74) is 0.965. The van der Waals surface area contributed by atoms with Gasteiger partial charge in [-0.05, 0) is 60.6 Å². The highest BCUT2D eigenvalue weighted by Gasteiger charge is 2.42. The first-order valence-corrected chi connectivity index (χ1v) is 9.60. The van der Waals surface area contributed by atoms with Crippen molar-refractivity contribution in [3.05, 3.63) is 35.4 Å². The number of hydrogen-bond acceptors (Lipinski definition) is 0. The van der Waals surface area contributed by atoms with Crippen molar-refractivity contribution in [1.82, 2.24) is 0 Å². The fraction of sp³-hybridized carbons (Fsp3) is 0.714. The SMILES string of the molecule is CCCC1CCC(C2(c3cc(F)cc(F)c3)CCCCC2)CC1. The van der Waals surface area contributed by atoms with Crippen molar-refractivity contribution in [2.75, 3.05) is 0 Å². The molecule has 0 bridgehead atoms. The van der Waals surface area contributed by atoms with Gasteiger partial charge in [-0.15, -0.1) is 0 Å². The molecule has 2 aliphatic carbocycles. The van der Waals surface area contributed by atoms with Gasteiger partial charge in [-0.25, -0.2) is 8.78 Å². The molecule has 1 aromatic rings. The van der Waals surface area contributed by atoms with Gasteiger partial charge >= 0.3 is 0 Å². The fourth-order valence-corrected chi connectivity index (χ4v) is 5.37. The molecule has 2 heteroatoms. The van der Waals surface area contributed by atoms with Crippen LogP contribution in [-0.2, 0) is 5.41 Å². The third-order valence-electron chi connectivity index (χ3n) is 6.51. The van der Waals surface area contributed by atoms with Crippen LogP contribution in [0.4, 0.5) is 8.78 Å². The van der Waals surface area contributed by atoms with Gasteiger partial charge in [0.1, 0.15) is 11.6 Å². The Morgan fingerprint density at radius 2 is 1.52 bits per heavy atom. The molecule has 1 aromatic carbocycles. The summed E-state index contributed by atoms with van der Waals surface area (Å²) in [6.07, 6.45) is 13.6. The Balaban J connectivity index is 1.85. The summed E-state index contributed by atoms with van der Waals surface area (Å²) in [5, 5.41) is 0. The van der Waals surface area contributed by atoms with E-state index in [1.165, 1.54) is 57.8 Å². The van der Waals surface area contributed by atoms with Crippen molar-refractivity contribution in [2.24, 2.45) is 11.8 Å². The highest BCUT2D eigenvalue weighted by molar-refractivity contribution is 5.29. The minimum Gasteiger partial charge on any atom is -0.207 e. The van der Waals surface area contributed by atoms with Gasteiger partial charge in [-0.3, -0.25) is 0 Å². The van der Waals surface area contributed by atoms with Crippen molar-refractivity contribution >= 4 is 0 Å². The zero-order valence-electron chi connectivity index (χ0n) is 14.4. The quantitative estimate of drug-likeness (QED) is 0.574. The Morgan fingerprint density at radius 3 is 2.09 bits per heavy atom. The molecule has 2 fully saturated rings. The van der Waals surface area contributed by atoms with Crippen LogP contribution in [0.5, 0.6) is 0 Å². The Hall–Kier alpha value is -0.920. The molecular formula is C21H30F2. The van der Waals surface area contributed by atoms with Gasteiger partial charge in [-0.1, -0.05) is 51.9 Å². The van der Waals surface area contributed by atoms with E-state index in [1.54, 1.807) is 12.1 Å². The average molecular weight is 320 g/mol. The highest BCUT2D eigenvalue weighted by Crippen LogP contribution is 2.51. The van der Waals surface area contributed by atoms with Gasteiger partial charge in [0.25, 0.3) is 0 Å². The molecular weight excluding hydrogens is 290 g/mol. The van der Waals surface area contributed by atoms with Crippen LogP contribution in [0.1, 0.15) is 83.1 Å². The van der Waals surface area contributed by atoms with Crippen LogP contribution in [0.3, 0.4) is 0 Å². The lowest BCUT2D eigenvalue weighted by Gasteiger charge is -2.47. The standard InChI is InChI=1S/C21H30F2/c1-2-6-16-7-9-17(10-8-16)21(11-4-3-5-12-21)18-13-19(22)15-20(23)14-18/h13-17H,2-12H2,1H3. The van der Waals surface area contributed by atoms with E-state index in [1.807, 2.05) is 0 Å². The molecule has 0 nitrogen and oxygen atoms in total. The zero-order valence-corrected chi connectivity index (χ0v) is 14.4. The molecule has 0 atom stereocenters. The monoisotopic (exact) mass is 320 g/mol. The first-order chi connectivity index (χ1) is 11.1. The first-order valence-electron chi connectivity index (χ1n) is 9.60. The van der Waals surface area contributed by atoms with E-state index in [0.29, 0.717) is 5.92 Å². The normalized spacial score (nSPS) is 27.8. The lowest BCUT2D eigenvalue weighted by molar-refractivity contribution is 0.124. The summed E-state index contributed by atoms with van der Waals surface area (Å²) < 4.78 is 27.7. The van der Waals surface area contributed by atoms with Gasteiger partial charge in [-0.2, -0.15) is 0 Å². The summed E-state index contributed by atoms with van der Waals surface area (Å²) in [7, 11) is 0. The fourth-order valence-electron chi connectivity index (χ4n) is 5.37. The van der Waals surface area contributed by atoms with Gasteiger partial charge in [0.2, 0.25) is 0 Å². The van der Waals surface area contributed by atoms with Crippen LogP contribution in [0, 0.1) is 23.5 Å². The van der Waals surface area contributed by atoms with Gasteiger partial charge in [0.15, 0.2) is 0 Å². The van der Waals surface area contributed by atoms with Gasteiger partial charge in [0.05, 0.1) is 0 Å². The topological polar surface area (TPSA) is 0 Å². The predicted molar refractivity (Wildman–Crippen MR) is 91.5 cm³/mol. The number of rotatable bonds is 4. The Kier molecular flexibility index (Phi) is 5.38. The van der Waals surface area contributed by atoms with Crippen LogP contribution in [0.25, 0.3) is 0 Å². The van der Waals surface area contributed by atoms with Crippen molar-refractivity contribution in [2.45, 2.75) is 83.0 Å². The summed E-state index contributed by atoms with van der Waals surface area (Å²) in [4.78, 5) is 0. The van der Waals surface area contributed by atoms with E-state index in [2.05, 4.69) is 6.92 Å². The van der Waals surface area contributed by atoms with E-state index in [4.69, 9.17) is 0 Å². The summed E-state index contributed by atoms with van der Waals surface area (Å²) in [5.74, 6) is 0.660. The van der Waals surface area contributed by atoms with E-state index in [9.17, 15) is 8.78 Å². The van der Waals surface area contributed by atoms with E-state index < -0.39 is 11.6 Å². The van der Waals surface area contributed by atoms with Crippen LogP contribution >= 0.6 is 0 Å². The summed E-state index contributed by atoms with van der Waals surface area (Å²) >= 11 is 0. The second-order valence-electron chi connectivity index (χ2n) is 7.88. The van der Waals surface area contributed by atoms with Crippen LogP contribution in [0.2, 0.25) is 0 Å². The zero-order chi connectivity index (χ0) is 16.3. The van der Waals surface area contributed by atoms with Gasteiger partial charge in [0, 0.05) is 6.07 Å². The molecule has 0 saturated heterocycles. The van der Waals surface area contributed by atoms with Crippen molar-refractivity contribution < 1.29 is 8.78 Å². The molecule has 2 aliphatic rings.